The van der Waals surface area contributed by atoms with Gasteiger partial charge < -0.3 is 14.6 Å². The number of aromatic nitrogens is 1. The Morgan fingerprint density at radius 3 is 2.68 bits per heavy atom. The Morgan fingerprint density at radius 1 is 1.42 bits per heavy atom. The summed E-state index contributed by atoms with van der Waals surface area (Å²) in [4.78, 5) is 7.84. The van der Waals surface area contributed by atoms with E-state index in [0.29, 0.717) is 6.61 Å². The number of morpholine rings is 1. The highest BCUT2D eigenvalue weighted by Gasteiger charge is 2.25. The number of rotatable bonds is 5. The highest BCUT2D eigenvalue weighted by Crippen LogP contribution is 2.31. The summed E-state index contributed by atoms with van der Waals surface area (Å²) in [7, 11) is 1.65. The van der Waals surface area contributed by atoms with Crippen molar-refractivity contribution in [2.24, 2.45) is 0 Å². The Bertz CT molecular complexity index is 409. The van der Waals surface area contributed by atoms with E-state index in [0.717, 1.165) is 48.4 Å². The molecule has 1 N–H and O–H groups in total. The quantitative estimate of drug-likeness (QED) is 0.885. The van der Waals surface area contributed by atoms with Crippen molar-refractivity contribution >= 4 is 11.3 Å². The van der Waals surface area contributed by atoms with Gasteiger partial charge >= 0.3 is 0 Å². The third-order valence-corrected chi connectivity index (χ3v) is 4.44. The molecule has 1 saturated heterocycles. The molecule has 0 bridgehead atoms. The average Bonchev–Trinajstić information content (AvgIpc) is 2.74. The molecule has 0 aliphatic carbocycles. The number of methoxy groups -OCH3 is 1. The van der Waals surface area contributed by atoms with Crippen LogP contribution in [0.25, 0.3) is 0 Å². The first-order chi connectivity index (χ1) is 9.00. The van der Waals surface area contributed by atoms with Crippen LogP contribution in [0.5, 0.6) is 0 Å². The van der Waals surface area contributed by atoms with Crippen molar-refractivity contribution in [3.63, 3.8) is 0 Å². The minimum atomic E-state index is -0.866. The third-order valence-electron chi connectivity index (χ3n) is 3.04. The topological polar surface area (TPSA) is 54.8 Å². The van der Waals surface area contributed by atoms with Crippen LogP contribution in [0.15, 0.2) is 0 Å². The smallest absolute Gasteiger partial charge is 0.107 e. The third kappa shape index (κ3) is 3.97. The Hall–Kier alpha value is -0.530. The van der Waals surface area contributed by atoms with Crippen LogP contribution in [0.2, 0.25) is 0 Å². The molecule has 0 spiro atoms. The Kier molecular flexibility index (Phi) is 4.92. The lowest BCUT2D eigenvalue weighted by Crippen LogP contribution is -2.35. The van der Waals surface area contributed by atoms with Crippen LogP contribution >= 0.6 is 11.3 Å². The summed E-state index contributed by atoms with van der Waals surface area (Å²) in [5.41, 5.74) is -0.0160. The molecule has 6 heteroatoms. The summed E-state index contributed by atoms with van der Waals surface area (Å²) in [6.45, 7) is 8.30. The molecule has 1 aliphatic rings. The van der Waals surface area contributed by atoms with Crippen LogP contribution in [-0.2, 0) is 28.2 Å². The van der Waals surface area contributed by atoms with Crippen molar-refractivity contribution in [2.75, 3.05) is 33.4 Å². The van der Waals surface area contributed by atoms with E-state index in [-0.39, 0.29) is 0 Å². The van der Waals surface area contributed by atoms with Crippen LogP contribution in [0.3, 0.4) is 0 Å². The van der Waals surface area contributed by atoms with E-state index in [1.165, 1.54) is 0 Å². The Morgan fingerprint density at radius 2 is 2.11 bits per heavy atom. The lowest BCUT2D eigenvalue weighted by atomic mass is 10.1. The molecule has 0 saturated carbocycles. The van der Waals surface area contributed by atoms with Gasteiger partial charge in [-0.05, 0) is 13.8 Å². The van der Waals surface area contributed by atoms with Crippen LogP contribution in [0.4, 0.5) is 0 Å². The van der Waals surface area contributed by atoms with Gasteiger partial charge in [0.2, 0.25) is 0 Å². The molecule has 1 aliphatic heterocycles. The maximum atomic E-state index is 10.2. The van der Waals surface area contributed by atoms with Crippen molar-refractivity contribution in [3.8, 4) is 0 Å². The molecule has 1 aromatic rings. The molecule has 0 radical (unpaired) electrons. The minimum Gasteiger partial charge on any atom is -0.385 e. The second-order valence-corrected chi connectivity index (χ2v) is 6.35. The zero-order valence-corrected chi connectivity index (χ0v) is 12.6. The lowest BCUT2D eigenvalue weighted by molar-refractivity contribution is 0.0341. The molecule has 0 atom stereocenters. The zero-order valence-electron chi connectivity index (χ0n) is 11.8. The van der Waals surface area contributed by atoms with Gasteiger partial charge in [-0.3, -0.25) is 4.90 Å². The Labute approximate surface area is 118 Å². The van der Waals surface area contributed by atoms with Crippen molar-refractivity contribution in [3.05, 3.63) is 15.6 Å². The van der Waals surface area contributed by atoms with E-state index in [1.54, 1.807) is 32.3 Å². The summed E-state index contributed by atoms with van der Waals surface area (Å²) < 4.78 is 10.5. The maximum Gasteiger partial charge on any atom is 0.107 e. The number of ether oxygens (including phenoxy) is 2. The summed E-state index contributed by atoms with van der Waals surface area (Å²) >= 11 is 1.58. The van der Waals surface area contributed by atoms with Gasteiger partial charge in [0.25, 0.3) is 0 Å². The normalized spacial score (nSPS) is 17.9. The van der Waals surface area contributed by atoms with E-state index < -0.39 is 5.60 Å². The van der Waals surface area contributed by atoms with Crippen LogP contribution in [0, 0.1) is 0 Å². The fourth-order valence-electron chi connectivity index (χ4n) is 2.13. The Balaban J connectivity index is 2.12. The van der Waals surface area contributed by atoms with Gasteiger partial charge in [-0.1, -0.05) is 0 Å². The van der Waals surface area contributed by atoms with Gasteiger partial charge in [0, 0.05) is 20.2 Å². The molecular weight excluding hydrogens is 264 g/mol. The molecule has 5 nitrogen and oxygen atoms in total. The van der Waals surface area contributed by atoms with Gasteiger partial charge in [0.05, 0.1) is 42.5 Å². The first-order valence-electron chi connectivity index (χ1n) is 6.51. The van der Waals surface area contributed by atoms with Crippen molar-refractivity contribution < 1.29 is 14.6 Å². The van der Waals surface area contributed by atoms with E-state index in [1.807, 2.05) is 0 Å². The SMILES string of the molecule is COCc1nc(CN2CCOCC2)sc1C(C)(C)O. The zero-order chi connectivity index (χ0) is 13.9. The van der Waals surface area contributed by atoms with Crippen LogP contribution < -0.4 is 0 Å². The second kappa shape index (κ2) is 6.28. The number of thiazole rings is 1. The lowest BCUT2D eigenvalue weighted by Gasteiger charge is -2.25. The van der Waals surface area contributed by atoms with E-state index in [4.69, 9.17) is 9.47 Å². The molecule has 2 heterocycles. The van der Waals surface area contributed by atoms with Gasteiger partial charge in [0.1, 0.15) is 5.01 Å². The first-order valence-corrected chi connectivity index (χ1v) is 7.33. The largest absolute Gasteiger partial charge is 0.385 e. The summed E-state index contributed by atoms with van der Waals surface area (Å²) in [6.07, 6.45) is 0. The van der Waals surface area contributed by atoms with Crippen molar-refractivity contribution in [1.29, 1.82) is 0 Å². The molecule has 1 aromatic heterocycles. The number of hydrogen-bond acceptors (Lipinski definition) is 6. The fourth-order valence-corrected chi connectivity index (χ4v) is 3.24. The van der Waals surface area contributed by atoms with E-state index in [2.05, 4.69) is 9.88 Å². The van der Waals surface area contributed by atoms with Crippen molar-refractivity contribution in [2.45, 2.75) is 32.6 Å². The van der Waals surface area contributed by atoms with Gasteiger partial charge in [-0.15, -0.1) is 11.3 Å². The monoisotopic (exact) mass is 286 g/mol. The standard InChI is InChI=1S/C13H22N2O3S/c1-13(2,16)12-10(9-17-3)14-11(19-12)8-15-4-6-18-7-5-15/h16H,4-9H2,1-3H3. The molecule has 1 fully saturated rings. The molecular formula is C13H22N2O3S. The summed E-state index contributed by atoms with van der Waals surface area (Å²) in [5.74, 6) is 0. The van der Waals surface area contributed by atoms with Crippen molar-refractivity contribution in [1.82, 2.24) is 9.88 Å². The molecule has 19 heavy (non-hydrogen) atoms. The van der Waals surface area contributed by atoms with Gasteiger partial charge in [0.15, 0.2) is 0 Å². The predicted molar refractivity (Wildman–Crippen MR) is 74.2 cm³/mol. The number of hydrogen-bond donors (Lipinski definition) is 1. The molecule has 108 valence electrons. The summed E-state index contributed by atoms with van der Waals surface area (Å²) in [5, 5.41) is 11.2. The maximum absolute atomic E-state index is 10.2. The van der Waals surface area contributed by atoms with Gasteiger partial charge in [-0.25, -0.2) is 4.98 Å². The molecule has 0 amide bonds. The minimum absolute atomic E-state index is 0.443. The average molecular weight is 286 g/mol. The highest BCUT2D eigenvalue weighted by atomic mass is 32.1. The summed E-state index contributed by atoms with van der Waals surface area (Å²) in [6, 6.07) is 0. The highest BCUT2D eigenvalue weighted by molar-refractivity contribution is 7.11. The number of aliphatic hydroxyl groups is 1. The molecule has 2 rings (SSSR count). The first kappa shape index (κ1) is 14.9. The van der Waals surface area contributed by atoms with Crippen LogP contribution in [0.1, 0.15) is 29.4 Å². The number of nitrogens with zero attached hydrogens (tertiary/aromatic N) is 2. The molecule has 0 aromatic carbocycles. The van der Waals surface area contributed by atoms with E-state index in [9.17, 15) is 5.11 Å². The van der Waals surface area contributed by atoms with Crippen LogP contribution in [-0.4, -0.2) is 48.4 Å². The fraction of sp³-hybridized carbons (Fsp3) is 0.769. The predicted octanol–water partition coefficient (Wildman–Crippen LogP) is 1.35. The van der Waals surface area contributed by atoms with Gasteiger partial charge in [-0.2, -0.15) is 0 Å². The molecule has 0 unspecified atom stereocenters. The van der Waals surface area contributed by atoms with E-state index >= 15 is 0 Å². The second-order valence-electron chi connectivity index (χ2n) is 5.26.